The normalized spacial score (nSPS) is 11.0. The fourth-order valence-corrected chi connectivity index (χ4v) is 3.43. The first-order valence-corrected chi connectivity index (χ1v) is 8.12. The Balaban J connectivity index is 2.17. The summed E-state index contributed by atoms with van der Waals surface area (Å²) in [6.45, 7) is 1.30. The first-order chi connectivity index (χ1) is 9.90. The molecule has 21 heavy (non-hydrogen) atoms. The van der Waals surface area contributed by atoms with Crippen LogP contribution in [-0.4, -0.2) is 31.6 Å². The van der Waals surface area contributed by atoms with Gasteiger partial charge >= 0.3 is 0 Å². The summed E-state index contributed by atoms with van der Waals surface area (Å²) in [5.74, 6) is -0.342. The van der Waals surface area contributed by atoms with E-state index in [0.717, 1.165) is 17.0 Å². The third-order valence-electron chi connectivity index (χ3n) is 2.35. The van der Waals surface area contributed by atoms with Crippen LogP contribution in [0.1, 0.15) is 6.92 Å². The van der Waals surface area contributed by atoms with E-state index in [0.29, 0.717) is 5.69 Å². The van der Waals surface area contributed by atoms with Crippen molar-refractivity contribution < 1.29 is 13.2 Å². The van der Waals surface area contributed by atoms with Gasteiger partial charge in [0, 0.05) is 25.3 Å². The van der Waals surface area contributed by atoms with Crippen molar-refractivity contribution in [1.29, 1.82) is 0 Å². The molecular formula is C11H13N5O3S2. The second-order valence-corrected chi connectivity index (χ2v) is 6.82. The molecule has 0 fully saturated rings. The van der Waals surface area contributed by atoms with Gasteiger partial charge in [-0.1, -0.05) is 11.3 Å². The van der Waals surface area contributed by atoms with Gasteiger partial charge in [-0.15, -0.1) is 10.2 Å². The Morgan fingerprint density at radius 2 is 1.76 bits per heavy atom. The molecule has 112 valence electrons. The van der Waals surface area contributed by atoms with Crippen LogP contribution in [0.2, 0.25) is 0 Å². The molecule has 1 amide bonds. The Hall–Kier alpha value is -2.20. The van der Waals surface area contributed by atoms with Crippen molar-refractivity contribution in [2.24, 2.45) is 0 Å². The number of amides is 1. The summed E-state index contributed by atoms with van der Waals surface area (Å²) in [7, 11) is -2.06. The van der Waals surface area contributed by atoms with Crippen molar-refractivity contribution in [2.75, 3.05) is 22.4 Å². The lowest BCUT2D eigenvalue weighted by Gasteiger charge is -2.06. The number of hydrogen-bond acceptors (Lipinski definition) is 7. The lowest BCUT2D eigenvalue weighted by molar-refractivity contribution is -0.114. The SMILES string of the molecule is CNc1ccc(NS(=O)(=O)c2nnc(NC(C)=O)s2)cc1. The molecule has 3 N–H and O–H groups in total. The number of nitrogens with zero attached hydrogens (tertiary/aromatic N) is 2. The lowest BCUT2D eigenvalue weighted by Crippen LogP contribution is -2.12. The quantitative estimate of drug-likeness (QED) is 0.714. The molecule has 0 saturated heterocycles. The molecule has 0 saturated carbocycles. The fourth-order valence-electron chi connectivity index (χ4n) is 1.42. The van der Waals surface area contributed by atoms with E-state index in [-0.39, 0.29) is 15.4 Å². The molecule has 2 rings (SSSR count). The molecule has 8 nitrogen and oxygen atoms in total. The summed E-state index contributed by atoms with van der Waals surface area (Å²) in [6, 6.07) is 6.72. The molecule has 1 heterocycles. The Morgan fingerprint density at radius 3 is 2.33 bits per heavy atom. The molecule has 1 aromatic heterocycles. The van der Waals surface area contributed by atoms with Crippen LogP contribution in [0.5, 0.6) is 0 Å². The molecule has 0 aliphatic rings. The predicted octanol–water partition coefficient (Wildman–Crippen LogP) is 1.34. The van der Waals surface area contributed by atoms with E-state index in [1.165, 1.54) is 6.92 Å². The second-order valence-electron chi connectivity index (χ2n) is 3.99. The third kappa shape index (κ3) is 3.89. The van der Waals surface area contributed by atoms with E-state index >= 15 is 0 Å². The number of nitrogens with one attached hydrogen (secondary N) is 3. The van der Waals surface area contributed by atoms with Gasteiger partial charge in [-0.25, -0.2) is 0 Å². The summed E-state index contributed by atoms with van der Waals surface area (Å²) in [6.07, 6.45) is 0. The first kappa shape index (κ1) is 15.2. The van der Waals surface area contributed by atoms with E-state index in [1.807, 2.05) is 0 Å². The maximum Gasteiger partial charge on any atom is 0.291 e. The van der Waals surface area contributed by atoms with Crippen LogP contribution in [0.4, 0.5) is 16.5 Å². The Kier molecular flexibility index (Phi) is 4.38. The molecule has 0 bridgehead atoms. The van der Waals surface area contributed by atoms with Gasteiger partial charge in [0.15, 0.2) is 0 Å². The molecule has 0 unspecified atom stereocenters. The van der Waals surface area contributed by atoms with Gasteiger partial charge in [0.25, 0.3) is 14.4 Å². The van der Waals surface area contributed by atoms with Crippen molar-refractivity contribution in [3.63, 3.8) is 0 Å². The van der Waals surface area contributed by atoms with Crippen LogP contribution < -0.4 is 15.4 Å². The van der Waals surface area contributed by atoms with Crippen LogP contribution in [0.3, 0.4) is 0 Å². The zero-order valence-corrected chi connectivity index (χ0v) is 12.9. The van der Waals surface area contributed by atoms with E-state index in [2.05, 4.69) is 25.6 Å². The number of carbonyl (C=O) groups is 1. The lowest BCUT2D eigenvalue weighted by atomic mass is 10.3. The zero-order chi connectivity index (χ0) is 15.5. The summed E-state index contributed by atoms with van der Waals surface area (Å²) in [5.41, 5.74) is 1.27. The largest absolute Gasteiger partial charge is 0.388 e. The Morgan fingerprint density at radius 1 is 1.14 bits per heavy atom. The number of rotatable bonds is 5. The maximum absolute atomic E-state index is 12.1. The molecular weight excluding hydrogens is 314 g/mol. The fraction of sp³-hybridized carbons (Fsp3) is 0.182. The number of hydrogen-bond donors (Lipinski definition) is 3. The van der Waals surface area contributed by atoms with Crippen LogP contribution in [0.25, 0.3) is 0 Å². The van der Waals surface area contributed by atoms with Crippen LogP contribution in [-0.2, 0) is 14.8 Å². The Labute approximate surface area is 125 Å². The van der Waals surface area contributed by atoms with Crippen molar-refractivity contribution in [3.05, 3.63) is 24.3 Å². The van der Waals surface area contributed by atoms with Crippen molar-refractivity contribution in [2.45, 2.75) is 11.3 Å². The maximum atomic E-state index is 12.1. The van der Waals surface area contributed by atoms with Gasteiger partial charge in [0.2, 0.25) is 11.0 Å². The second kappa shape index (κ2) is 6.06. The highest BCUT2D eigenvalue weighted by molar-refractivity contribution is 7.94. The Bertz CT molecular complexity index is 739. The summed E-state index contributed by atoms with van der Waals surface area (Å²) < 4.78 is 26.4. The van der Waals surface area contributed by atoms with Gasteiger partial charge in [-0.05, 0) is 24.3 Å². The number of aromatic nitrogens is 2. The molecule has 0 spiro atoms. The van der Waals surface area contributed by atoms with E-state index < -0.39 is 10.0 Å². The van der Waals surface area contributed by atoms with Crippen molar-refractivity contribution in [3.8, 4) is 0 Å². The highest BCUT2D eigenvalue weighted by atomic mass is 32.2. The minimum atomic E-state index is -3.82. The molecule has 2 aromatic rings. The summed E-state index contributed by atoms with van der Waals surface area (Å²) >= 11 is 0.778. The van der Waals surface area contributed by atoms with Crippen LogP contribution in [0, 0.1) is 0 Å². The van der Waals surface area contributed by atoms with E-state index in [4.69, 9.17) is 0 Å². The third-order valence-corrected chi connectivity index (χ3v) is 4.93. The number of anilines is 3. The van der Waals surface area contributed by atoms with Gasteiger partial charge in [-0.3, -0.25) is 9.52 Å². The number of sulfonamides is 1. The molecule has 0 aliphatic heterocycles. The highest BCUT2D eigenvalue weighted by Crippen LogP contribution is 2.23. The molecule has 1 aromatic carbocycles. The highest BCUT2D eigenvalue weighted by Gasteiger charge is 2.20. The van der Waals surface area contributed by atoms with Crippen LogP contribution >= 0.6 is 11.3 Å². The average Bonchev–Trinajstić information content (AvgIpc) is 2.88. The molecule has 0 aliphatic carbocycles. The van der Waals surface area contributed by atoms with Gasteiger partial charge in [0.05, 0.1) is 0 Å². The molecule has 0 atom stereocenters. The standard InChI is InChI=1S/C11H13N5O3S2/c1-7(17)13-10-14-15-11(20-10)21(18,19)16-9-5-3-8(12-2)4-6-9/h3-6,12,16H,1-2H3,(H,13,14,17). The van der Waals surface area contributed by atoms with Gasteiger partial charge in [-0.2, -0.15) is 8.42 Å². The van der Waals surface area contributed by atoms with Gasteiger partial charge in [0.1, 0.15) is 0 Å². The van der Waals surface area contributed by atoms with E-state index in [1.54, 1.807) is 31.3 Å². The molecule has 10 heteroatoms. The van der Waals surface area contributed by atoms with Crippen molar-refractivity contribution in [1.82, 2.24) is 10.2 Å². The number of carbonyl (C=O) groups excluding carboxylic acids is 1. The summed E-state index contributed by atoms with van der Waals surface area (Å²) in [4.78, 5) is 10.9. The minimum absolute atomic E-state index is 0.133. The van der Waals surface area contributed by atoms with Gasteiger partial charge < -0.3 is 10.6 Å². The zero-order valence-electron chi connectivity index (χ0n) is 11.2. The number of benzene rings is 1. The van der Waals surface area contributed by atoms with Crippen molar-refractivity contribution >= 4 is 43.8 Å². The average molecular weight is 327 g/mol. The van der Waals surface area contributed by atoms with Crippen LogP contribution in [0.15, 0.2) is 28.6 Å². The smallest absolute Gasteiger partial charge is 0.291 e. The predicted molar refractivity (Wildman–Crippen MR) is 81.0 cm³/mol. The topological polar surface area (TPSA) is 113 Å². The summed E-state index contributed by atoms with van der Waals surface area (Å²) in [5, 5.41) is 12.6. The minimum Gasteiger partial charge on any atom is -0.388 e. The molecule has 0 radical (unpaired) electrons. The first-order valence-electron chi connectivity index (χ1n) is 5.82. The van der Waals surface area contributed by atoms with E-state index in [9.17, 15) is 13.2 Å². The monoisotopic (exact) mass is 327 g/mol.